The number of fused-ring (bicyclic) bond motifs is 1. The molecular formula is C5H9N4Na2O6P. The van der Waals surface area contributed by atoms with E-state index in [9.17, 15) is 9.59 Å². The van der Waals surface area contributed by atoms with E-state index in [0.29, 0.717) is 0 Å². The molecule has 2 aromatic rings. The number of rotatable bonds is 0. The minimum absolute atomic E-state index is 0. The normalized spacial score (nSPS) is 9.72. The first-order valence-electron chi connectivity index (χ1n) is 3.71. The average molecular weight is 298 g/mol. The van der Waals surface area contributed by atoms with Crippen LogP contribution in [0.3, 0.4) is 0 Å². The Hall–Kier alpha value is 0.260. The van der Waals surface area contributed by atoms with Gasteiger partial charge in [-0.1, -0.05) is 0 Å². The second kappa shape index (κ2) is 8.43. The van der Waals surface area contributed by atoms with Gasteiger partial charge in [0.15, 0.2) is 5.65 Å². The van der Waals surface area contributed by atoms with E-state index in [1.807, 2.05) is 0 Å². The van der Waals surface area contributed by atoms with Gasteiger partial charge in [0.05, 0.1) is 6.33 Å². The summed E-state index contributed by atoms with van der Waals surface area (Å²) in [5, 5.41) is 0. The quantitative estimate of drug-likeness (QED) is 0.218. The van der Waals surface area contributed by atoms with Crippen molar-refractivity contribution < 1.29 is 19.2 Å². The Kier molecular flexibility index (Phi) is 9.64. The summed E-state index contributed by atoms with van der Waals surface area (Å²) < 4.78 is 8.88. The zero-order valence-electron chi connectivity index (χ0n) is 7.54. The van der Waals surface area contributed by atoms with Gasteiger partial charge < -0.3 is 19.7 Å². The van der Waals surface area contributed by atoms with E-state index >= 15 is 0 Å². The van der Waals surface area contributed by atoms with Crippen LogP contribution in [0.25, 0.3) is 11.2 Å². The van der Waals surface area contributed by atoms with Crippen LogP contribution < -0.4 is 11.2 Å². The second-order valence-corrected chi connectivity index (χ2v) is 3.57. The summed E-state index contributed by atoms with van der Waals surface area (Å²) in [7, 11) is -4.64. The van der Waals surface area contributed by atoms with Crippen molar-refractivity contribution in [1.29, 1.82) is 0 Å². The topological polar surface area (TPSA) is 172 Å². The Labute approximate surface area is 143 Å². The van der Waals surface area contributed by atoms with Crippen LogP contribution in [-0.2, 0) is 4.57 Å². The van der Waals surface area contributed by atoms with Gasteiger partial charge >= 0.3 is 72.6 Å². The van der Waals surface area contributed by atoms with Crippen molar-refractivity contribution in [3.63, 3.8) is 0 Å². The molecule has 92 valence electrons. The minimum atomic E-state index is -4.64. The van der Waals surface area contributed by atoms with Crippen LogP contribution in [0.5, 0.6) is 0 Å². The number of imidazole rings is 1. The summed E-state index contributed by atoms with van der Waals surface area (Å²) >= 11 is 0. The molecule has 2 rings (SSSR count). The van der Waals surface area contributed by atoms with Crippen LogP contribution in [-0.4, -0.2) is 93.7 Å². The molecule has 0 aliphatic carbocycles. The predicted molar refractivity (Wildman–Crippen MR) is 65.9 cm³/mol. The molecule has 0 bridgehead atoms. The third-order valence-corrected chi connectivity index (χ3v) is 1.33. The number of aromatic nitrogens is 4. The standard InChI is InChI=1S/C5H4N4O2.2Na.H3O4P.2H/c10-4-2-3(7-1-6-2)8-5(11)9-4;;;1-5(2,3)4;;/h1H,(H3,6,7,8,9,10,11);;;(H3,1,2,3,4);;. The molecule has 18 heavy (non-hydrogen) atoms. The van der Waals surface area contributed by atoms with Gasteiger partial charge in [0.1, 0.15) is 5.52 Å². The summed E-state index contributed by atoms with van der Waals surface area (Å²) in [6.45, 7) is 0. The van der Waals surface area contributed by atoms with E-state index in [4.69, 9.17) is 19.2 Å². The fraction of sp³-hybridized carbons (Fsp3) is 0. The van der Waals surface area contributed by atoms with Crippen LogP contribution in [0.4, 0.5) is 0 Å². The molecular weight excluding hydrogens is 289 g/mol. The number of phosphoric acid groups is 1. The zero-order chi connectivity index (χ0) is 12.3. The van der Waals surface area contributed by atoms with E-state index in [1.165, 1.54) is 6.33 Å². The number of hydrogen-bond acceptors (Lipinski definition) is 4. The van der Waals surface area contributed by atoms with Crippen LogP contribution in [0.15, 0.2) is 15.9 Å². The Morgan fingerprint density at radius 2 is 1.61 bits per heavy atom. The van der Waals surface area contributed by atoms with Gasteiger partial charge in [-0.05, 0) is 0 Å². The predicted octanol–water partition coefficient (Wildman–Crippen LogP) is -3.29. The van der Waals surface area contributed by atoms with Crippen molar-refractivity contribution in [2.45, 2.75) is 0 Å². The molecule has 0 radical (unpaired) electrons. The molecule has 0 aliphatic heterocycles. The van der Waals surface area contributed by atoms with Crippen molar-refractivity contribution in [3.8, 4) is 0 Å². The van der Waals surface area contributed by atoms with Crippen molar-refractivity contribution >= 4 is 78.1 Å². The number of nitrogens with zero attached hydrogens (tertiary/aromatic N) is 1. The molecule has 0 unspecified atom stereocenters. The third-order valence-electron chi connectivity index (χ3n) is 1.33. The van der Waals surface area contributed by atoms with E-state index in [0.717, 1.165) is 0 Å². The molecule has 0 saturated heterocycles. The van der Waals surface area contributed by atoms with Crippen molar-refractivity contribution in [2.24, 2.45) is 0 Å². The molecule has 0 saturated carbocycles. The maximum absolute atomic E-state index is 10.9. The first kappa shape index (κ1) is 20.6. The Bertz CT molecular complexity index is 635. The summed E-state index contributed by atoms with van der Waals surface area (Å²) in [5.74, 6) is 0. The molecule has 2 heterocycles. The number of nitrogens with one attached hydrogen (secondary N) is 3. The van der Waals surface area contributed by atoms with E-state index in [1.54, 1.807) is 0 Å². The van der Waals surface area contributed by atoms with Gasteiger partial charge in [-0.2, -0.15) is 0 Å². The van der Waals surface area contributed by atoms with Crippen LogP contribution in [0, 0.1) is 0 Å². The number of aromatic amines is 3. The van der Waals surface area contributed by atoms with Gasteiger partial charge in [0.25, 0.3) is 5.56 Å². The number of hydrogen-bond donors (Lipinski definition) is 6. The van der Waals surface area contributed by atoms with Gasteiger partial charge in [-0.25, -0.2) is 14.3 Å². The van der Waals surface area contributed by atoms with Gasteiger partial charge in [0, 0.05) is 0 Å². The van der Waals surface area contributed by atoms with E-state index < -0.39 is 19.1 Å². The van der Waals surface area contributed by atoms with Gasteiger partial charge in [0.2, 0.25) is 0 Å². The van der Waals surface area contributed by atoms with Crippen LogP contribution >= 0.6 is 7.82 Å². The third kappa shape index (κ3) is 7.64. The zero-order valence-corrected chi connectivity index (χ0v) is 8.43. The second-order valence-electron chi connectivity index (χ2n) is 2.55. The Balaban J connectivity index is 0. The van der Waals surface area contributed by atoms with Crippen molar-refractivity contribution in [2.75, 3.05) is 0 Å². The van der Waals surface area contributed by atoms with Crippen molar-refractivity contribution in [3.05, 3.63) is 27.2 Å². The fourth-order valence-electron chi connectivity index (χ4n) is 0.867. The van der Waals surface area contributed by atoms with Gasteiger partial charge in [-0.3, -0.25) is 14.8 Å². The average Bonchev–Trinajstić information content (AvgIpc) is 2.47. The van der Waals surface area contributed by atoms with Gasteiger partial charge in [-0.15, -0.1) is 0 Å². The fourth-order valence-corrected chi connectivity index (χ4v) is 0.867. The Morgan fingerprint density at radius 3 is 2.11 bits per heavy atom. The van der Waals surface area contributed by atoms with Crippen molar-refractivity contribution in [1.82, 2.24) is 19.9 Å². The summed E-state index contributed by atoms with van der Waals surface area (Å²) in [6, 6.07) is 0. The number of H-pyrrole nitrogens is 3. The maximum atomic E-state index is 10.9. The first-order valence-corrected chi connectivity index (χ1v) is 5.28. The molecule has 2 aromatic heterocycles. The molecule has 0 aromatic carbocycles. The SMILES string of the molecule is O=P(O)(O)O.O=c1[nH]c(=O)c2[nH]cnc2[nH]1.[NaH].[NaH]. The monoisotopic (exact) mass is 298 g/mol. The van der Waals surface area contributed by atoms with Crippen LogP contribution in [0.1, 0.15) is 0 Å². The molecule has 0 fully saturated rings. The molecule has 6 N–H and O–H groups in total. The van der Waals surface area contributed by atoms with E-state index in [2.05, 4.69) is 19.9 Å². The van der Waals surface area contributed by atoms with Crippen LogP contribution in [0.2, 0.25) is 0 Å². The molecule has 0 spiro atoms. The molecule has 0 aliphatic rings. The summed E-state index contributed by atoms with van der Waals surface area (Å²) in [5.41, 5.74) is -0.445. The molecule has 0 amide bonds. The molecule has 13 heteroatoms. The molecule has 0 atom stereocenters. The molecule has 10 nitrogen and oxygen atoms in total. The summed E-state index contributed by atoms with van der Waals surface area (Å²) in [6.07, 6.45) is 1.34. The first-order chi connectivity index (χ1) is 7.27. The Morgan fingerprint density at radius 1 is 1.11 bits per heavy atom. The van der Waals surface area contributed by atoms with E-state index in [-0.39, 0.29) is 70.3 Å². The summed E-state index contributed by atoms with van der Waals surface area (Å²) in [4.78, 5) is 53.8.